The van der Waals surface area contributed by atoms with Crippen molar-refractivity contribution in [2.24, 2.45) is 0 Å². The second-order valence-electron chi connectivity index (χ2n) is 10.9. The molecule has 220 valence electrons. The van der Waals surface area contributed by atoms with Gasteiger partial charge in [0.2, 0.25) is 0 Å². The predicted molar refractivity (Wildman–Crippen MR) is 166 cm³/mol. The van der Waals surface area contributed by atoms with Crippen molar-refractivity contribution in [3.05, 3.63) is 76.0 Å². The summed E-state index contributed by atoms with van der Waals surface area (Å²) in [7, 11) is 0. The molecular formula is C31H35F2N7OS. The van der Waals surface area contributed by atoms with Gasteiger partial charge in [-0.25, -0.2) is 23.1 Å². The first-order valence-corrected chi connectivity index (χ1v) is 14.7. The van der Waals surface area contributed by atoms with E-state index in [1.165, 1.54) is 28.8 Å². The normalized spacial score (nSPS) is 14.0. The number of piperidine rings is 1. The fraction of sp³-hybridized carbons (Fsp3) is 0.387. The van der Waals surface area contributed by atoms with E-state index in [-0.39, 0.29) is 28.9 Å². The Morgan fingerprint density at radius 3 is 2.55 bits per heavy atom. The first kappa shape index (κ1) is 29.5. The van der Waals surface area contributed by atoms with E-state index in [9.17, 15) is 9.18 Å². The first-order chi connectivity index (χ1) is 20.2. The maximum absolute atomic E-state index is 15.8. The van der Waals surface area contributed by atoms with Gasteiger partial charge in [-0.2, -0.15) is 4.98 Å². The molecule has 0 aliphatic carbocycles. The number of anilines is 1. The zero-order chi connectivity index (χ0) is 30.0. The monoisotopic (exact) mass is 591 g/mol. The number of fused-ring (bicyclic) bond motifs is 1. The molecule has 0 unspecified atom stereocenters. The summed E-state index contributed by atoms with van der Waals surface area (Å²) in [5.41, 5.74) is 1.52. The molecule has 0 spiro atoms. The Balaban J connectivity index is 1.65. The number of halogens is 2. The molecule has 2 N–H and O–H groups in total. The average molecular weight is 592 g/mol. The molecule has 1 aliphatic heterocycles. The van der Waals surface area contributed by atoms with Crippen molar-refractivity contribution in [1.29, 1.82) is 0 Å². The van der Waals surface area contributed by atoms with Gasteiger partial charge in [0.05, 0.1) is 16.8 Å². The van der Waals surface area contributed by atoms with Gasteiger partial charge in [0, 0.05) is 37.4 Å². The molecule has 0 atom stereocenters. The minimum Gasteiger partial charge on any atom is -0.363 e. The molecule has 42 heavy (non-hydrogen) atoms. The number of pyridine rings is 2. The summed E-state index contributed by atoms with van der Waals surface area (Å²) in [4.78, 5) is 29.6. The van der Waals surface area contributed by atoms with E-state index in [1.807, 2.05) is 31.7 Å². The summed E-state index contributed by atoms with van der Waals surface area (Å²) < 4.78 is 32.0. The van der Waals surface area contributed by atoms with Crippen molar-refractivity contribution < 1.29 is 8.78 Å². The fourth-order valence-electron chi connectivity index (χ4n) is 5.39. The number of thiocarbonyl (C=S) groups is 1. The van der Waals surface area contributed by atoms with Crippen LogP contribution >= 0.6 is 12.2 Å². The van der Waals surface area contributed by atoms with Crippen LogP contribution in [0.25, 0.3) is 28.0 Å². The Kier molecular flexibility index (Phi) is 8.77. The molecular weight excluding hydrogens is 556 g/mol. The van der Waals surface area contributed by atoms with E-state index in [0.717, 1.165) is 31.4 Å². The van der Waals surface area contributed by atoms with Gasteiger partial charge in [0.1, 0.15) is 23.1 Å². The van der Waals surface area contributed by atoms with Gasteiger partial charge in [-0.15, -0.1) is 0 Å². The van der Waals surface area contributed by atoms with Crippen molar-refractivity contribution >= 4 is 34.2 Å². The summed E-state index contributed by atoms with van der Waals surface area (Å²) in [6.07, 6.45) is 4.18. The zero-order valence-corrected chi connectivity index (χ0v) is 25.1. The Morgan fingerprint density at radius 2 is 1.86 bits per heavy atom. The van der Waals surface area contributed by atoms with Crippen LogP contribution in [0.15, 0.2) is 47.4 Å². The molecule has 4 aromatic rings. The van der Waals surface area contributed by atoms with Gasteiger partial charge in [-0.3, -0.25) is 4.98 Å². The zero-order valence-electron chi connectivity index (χ0n) is 24.2. The van der Waals surface area contributed by atoms with Crippen molar-refractivity contribution in [2.45, 2.75) is 58.9 Å². The highest BCUT2D eigenvalue weighted by Gasteiger charge is 2.27. The maximum atomic E-state index is 15.8. The summed E-state index contributed by atoms with van der Waals surface area (Å²) >= 11 is 5.41. The quantitative estimate of drug-likeness (QED) is 0.277. The van der Waals surface area contributed by atoms with Crippen LogP contribution in [-0.2, 0) is 0 Å². The van der Waals surface area contributed by atoms with Gasteiger partial charge in [-0.1, -0.05) is 32.9 Å². The van der Waals surface area contributed by atoms with E-state index in [1.54, 1.807) is 12.3 Å². The van der Waals surface area contributed by atoms with Gasteiger partial charge in [0.15, 0.2) is 10.8 Å². The summed E-state index contributed by atoms with van der Waals surface area (Å²) in [6, 6.07) is 9.19. The minimum absolute atomic E-state index is 0.0146. The van der Waals surface area contributed by atoms with Crippen LogP contribution in [0, 0.1) is 18.6 Å². The Bertz CT molecular complexity index is 1680. The number of benzene rings is 1. The van der Waals surface area contributed by atoms with Crippen LogP contribution in [0.1, 0.15) is 57.2 Å². The smallest absolute Gasteiger partial charge is 0.355 e. The number of hydrogen-bond donors (Lipinski definition) is 2. The van der Waals surface area contributed by atoms with Crippen LogP contribution in [0.2, 0.25) is 0 Å². The highest BCUT2D eigenvalue weighted by Crippen LogP contribution is 2.33. The molecule has 0 radical (unpaired) electrons. The molecule has 1 aromatic carbocycles. The van der Waals surface area contributed by atoms with Crippen molar-refractivity contribution in [1.82, 2.24) is 30.2 Å². The lowest BCUT2D eigenvalue weighted by molar-refractivity contribution is 0.462. The van der Waals surface area contributed by atoms with Crippen LogP contribution in [0.5, 0.6) is 0 Å². The molecule has 1 fully saturated rings. The third kappa shape index (κ3) is 5.83. The lowest BCUT2D eigenvalue weighted by atomic mass is 10.0. The van der Waals surface area contributed by atoms with E-state index < -0.39 is 17.3 Å². The summed E-state index contributed by atoms with van der Waals surface area (Å²) in [5, 5.41) is 7.55. The lowest BCUT2D eigenvalue weighted by Gasteiger charge is -2.34. The van der Waals surface area contributed by atoms with Crippen molar-refractivity contribution in [3.8, 4) is 16.9 Å². The number of aryl methyl sites for hydroxylation is 1. The van der Waals surface area contributed by atoms with Crippen molar-refractivity contribution in [2.75, 3.05) is 24.5 Å². The third-order valence-corrected chi connectivity index (χ3v) is 7.78. The number of nitrogens with one attached hydrogen (secondary N) is 2. The summed E-state index contributed by atoms with van der Waals surface area (Å²) in [5.74, 6) is -0.961. The van der Waals surface area contributed by atoms with E-state index in [2.05, 4.69) is 32.5 Å². The Morgan fingerprint density at radius 1 is 1.12 bits per heavy atom. The second-order valence-corrected chi connectivity index (χ2v) is 11.3. The number of aromatic nitrogens is 4. The van der Waals surface area contributed by atoms with E-state index in [0.29, 0.717) is 40.8 Å². The van der Waals surface area contributed by atoms with E-state index in [4.69, 9.17) is 12.2 Å². The van der Waals surface area contributed by atoms with Crippen LogP contribution in [0.3, 0.4) is 0 Å². The standard InChI is InChI=1S/C31H35F2N7OS/c1-5-13-35-30(42)36-20-11-15-39(16-12-20)28-22-17-24(33)26(21-8-6-7-9-23(21)32)37-29(22)40(31(41)38-28)27-19(4)10-14-34-25(27)18(2)3/h6-10,14,17-18,20H,5,11-13,15-16H2,1-4H3,(H2,35,36,42). The van der Waals surface area contributed by atoms with Crippen LogP contribution < -0.4 is 21.2 Å². The largest absolute Gasteiger partial charge is 0.363 e. The highest BCUT2D eigenvalue weighted by molar-refractivity contribution is 7.80. The minimum atomic E-state index is -0.697. The average Bonchev–Trinajstić information content (AvgIpc) is 2.97. The van der Waals surface area contributed by atoms with Crippen LogP contribution in [-0.4, -0.2) is 50.3 Å². The molecule has 8 nitrogen and oxygen atoms in total. The topological polar surface area (TPSA) is 88.0 Å². The third-order valence-electron chi connectivity index (χ3n) is 7.52. The second kappa shape index (κ2) is 12.5. The fourth-order valence-corrected chi connectivity index (χ4v) is 5.65. The van der Waals surface area contributed by atoms with Gasteiger partial charge >= 0.3 is 5.69 Å². The molecule has 4 heterocycles. The molecule has 1 saturated heterocycles. The van der Waals surface area contributed by atoms with Gasteiger partial charge in [-0.05, 0) is 74.2 Å². The number of hydrogen-bond acceptors (Lipinski definition) is 6. The van der Waals surface area contributed by atoms with E-state index >= 15 is 4.39 Å². The molecule has 5 rings (SSSR count). The molecule has 0 bridgehead atoms. The number of rotatable bonds is 7. The van der Waals surface area contributed by atoms with Crippen LogP contribution in [0.4, 0.5) is 14.6 Å². The Hall–Kier alpha value is -3.99. The summed E-state index contributed by atoms with van der Waals surface area (Å²) in [6.45, 7) is 9.90. The Labute approximate surface area is 249 Å². The van der Waals surface area contributed by atoms with Gasteiger partial charge in [0.25, 0.3) is 0 Å². The number of nitrogens with zero attached hydrogens (tertiary/aromatic N) is 5. The molecule has 0 saturated carbocycles. The molecule has 3 aromatic heterocycles. The predicted octanol–water partition coefficient (Wildman–Crippen LogP) is 5.40. The lowest BCUT2D eigenvalue weighted by Crippen LogP contribution is -2.48. The maximum Gasteiger partial charge on any atom is 0.355 e. The molecule has 1 aliphatic rings. The van der Waals surface area contributed by atoms with Gasteiger partial charge < -0.3 is 15.5 Å². The SMILES string of the molecule is CCCNC(=S)NC1CCN(c2nc(=O)n(-c3c(C)ccnc3C(C)C)c3nc(-c4ccccc4F)c(F)cc23)CC1. The van der Waals surface area contributed by atoms with Crippen molar-refractivity contribution in [3.63, 3.8) is 0 Å². The molecule has 11 heteroatoms. The highest BCUT2D eigenvalue weighted by atomic mass is 32.1. The molecule has 0 amide bonds. The first-order valence-electron chi connectivity index (χ1n) is 14.3.